The lowest BCUT2D eigenvalue weighted by Gasteiger charge is -2.24. The van der Waals surface area contributed by atoms with Crippen LogP contribution in [0.2, 0.25) is 0 Å². The van der Waals surface area contributed by atoms with Gasteiger partial charge in [0.2, 0.25) is 0 Å². The Morgan fingerprint density at radius 3 is 2.80 bits per heavy atom. The molecule has 0 fully saturated rings. The van der Waals surface area contributed by atoms with Gasteiger partial charge in [-0.25, -0.2) is 0 Å². The summed E-state index contributed by atoms with van der Waals surface area (Å²) in [6.07, 6.45) is 12.2. The van der Waals surface area contributed by atoms with Gasteiger partial charge in [0, 0.05) is 18.9 Å². The van der Waals surface area contributed by atoms with E-state index in [-0.39, 0.29) is 6.61 Å². The fraction of sp³-hybridized carbons (Fsp3) is 0.833. The molecule has 1 rings (SSSR count). The van der Waals surface area contributed by atoms with E-state index in [0.29, 0.717) is 6.17 Å². The summed E-state index contributed by atoms with van der Waals surface area (Å²) >= 11 is 0. The van der Waals surface area contributed by atoms with E-state index >= 15 is 0 Å². The molecule has 1 aliphatic rings. The largest absolute Gasteiger partial charge is 0.395 e. The van der Waals surface area contributed by atoms with E-state index in [1.54, 1.807) is 0 Å². The summed E-state index contributed by atoms with van der Waals surface area (Å²) < 4.78 is 0. The Morgan fingerprint density at radius 1 is 1.27 bits per heavy atom. The number of hydrogen-bond acceptors (Lipinski definition) is 3. The van der Waals surface area contributed by atoms with Crippen molar-refractivity contribution in [2.45, 2.75) is 51.6 Å². The molecular weight excluding hydrogens is 188 g/mol. The van der Waals surface area contributed by atoms with Crippen molar-refractivity contribution < 1.29 is 5.11 Å². The van der Waals surface area contributed by atoms with Crippen molar-refractivity contribution in [1.82, 2.24) is 10.2 Å². The maximum Gasteiger partial charge on any atom is 0.0982 e. The van der Waals surface area contributed by atoms with Crippen molar-refractivity contribution in [3.8, 4) is 0 Å². The number of hydrogen-bond donors (Lipinski definition) is 2. The van der Waals surface area contributed by atoms with E-state index < -0.39 is 0 Å². The minimum atomic E-state index is 0.234. The van der Waals surface area contributed by atoms with Crippen LogP contribution in [-0.2, 0) is 0 Å². The molecule has 0 amide bonds. The molecule has 0 aromatic rings. The molecule has 0 radical (unpaired) electrons. The first kappa shape index (κ1) is 12.4. The summed E-state index contributed by atoms with van der Waals surface area (Å²) in [6.45, 7) is 3.22. The highest BCUT2D eigenvalue weighted by atomic mass is 16.3. The second-order valence-electron chi connectivity index (χ2n) is 4.16. The number of rotatable bonds is 8. The first-order valence-corrected chi connectivity index (χ1v) is 6.17. The molecule has 0 bridgehead atoms. The Balaban J connectivity index is 2.05. The van der Waals surface area contributed by atoms with Gasteiger partial charge in [-0.05, 0) is 12.8 Å². The summed E-state index contributed by atoms with van der Waals surface area (Å²) in [7, 11) is 0. The molecule has 0 aliphatic carbocycles. The van der Waals surface area contributed by atoms with Crippen LogP contribution in [-0.4, -0.2) is 29.3 Å². The van der Waals surface area contributed by atoms with Crippen LogP contribution in [0.3, 0.4) is 0 Å². The van der Waals surface area contributed by atoms with Gasteiger partial charge in [0.1, 0.15) is 0 Å². The van der Waals surface area contributed by atoms with Crippen molar-refractivity contribution in [2.24, 2.45) is 0 Å². The van der Waals surface area contributed by atoms with Crippen LogP contribution in [0, 0.1) is 0 Å². The summed E-state index contributed by atoms with van der Waals surface area (Å²) in [5, 5.41) is 12.2. The number of nitrogens with one attached hydrogen (secondary N) is 1. The molecular formula is C12H24N2O. The third kappa shape index (κ3) is 4.56. The van der Waals surface area contributed by atoms with E-state index in [1.165, 1.54) is 38.5 Å². The molecule has 3 heteroatoms. The van der Waals surface area contributed by atoms with Gasteiger partial charge in [0.05, 0.1) is 12.8 Å². The normalized spacial score (nSPS) is 19.6. The molecule has 1 aliphatic heterocycles. The lowest BCUT2D eigenvalue weighted by molar-refractivity contribution is 0.194. The van der Waals surface area contributed by atoms with Crippen LogP contribution in [0.4, 0.5) is 0 Å². The number of nitrogens with zero attached hydrogens (tertiary/aromatic N) is 1. The lowest BCUT2D eigenvalue weighted by Crippen LogP contribution is -2.36. The summed E-state index contributed by atoms with van der Waals surface area (Å²) in [5.74, 6) is 0. The van der Waals surface area contributed by atoms with Gasteiger partial charge in [0.25, 0.3) is 0 Å². The highest BCUT2D eigenvalue weighted by molar-refractivity contribution is 4.93. The standard InChI is InChI=1S/C12H24N2O/c1-2-3-4-5-6-7-12-13-8-9-14(12)10-11-15/h8-9,12-13,15H,2-7,10-11H2,1H3. The maximum atomic E-state index is 8.88. The second kappa shape index (κ2) is 7.57. The Bertz CT molecular complexity index is 182. The molecule has 1 unspecified atom stereocenters. The fourth-order valence-corrected chi connectivity index (χ4v) is 1.99. The second-order valence-corrected chi connectivity index (χ2v) is 4.16. The van der Waals surface area contributed by atoms with E-state index in [2.05, 4.69) is 17.1 Å². The van der Waals surface area contributed by atoms with E-state index in [9.17, 15) is 0 Å². The van der Waals surface area contributed by atoms with E-state index in [1.807, 2.05) is 12.4 Å². The zero-order valence-electron chi connectivity index (χ0n) is 9.78. The van der Waals surface area contributed by atoms with Crippen molar-refractivity contribution in [2.75, 3.05) is 13.2 Å². The van der Waals surface area contributed by atoms with Crippen molar-refractivity contribution in [3.05, 3.63) is 12.4 Å². The molecule has 2 N–H and O–H groups in total. The molecule has 1 heterocycles. The molecule has 0 saturated heterocycles. The average Bonchev–Trinajstić information content (AvgIpc) is 2.66. The summed E-state index contributed by atoms with van der Waals surface area (Å²) in [4.78, 5) is 2.18. The van der Waals surface area contributed by atoms with Crippen LogP contribution in [0.1, 0.15) is 45.4 Å². The fourth-order valence-electron chi connectivity index (χ4n) is 1.99. The van der Waals surface area contributed by atoms with Gasteiger partial charge in [0.15, 0.2) is 0 Å². The minimum absolute atomic E-state index is 0.234. The summed E-state index contributed by atoms with van der Waals surface area (Å²) in [5.41, 5.74) is 0. The van der Waals surface area contributed by atoms with Crippen molar-refractivity contribution in [3.63, 3.8) is 0 Å². The first-order chi connectivity index (χ1) is 7.38. The topological polar surface area (TPSA) is 35.5 Å². The highest BCUT2D eigenvalue weighted by Crippen LogP contribution is 2.13. The van der Waals surface area contributed by atoms with Crippen LogP contribution < -0.4 is 5.32 Å². The number of unbranched alkanes of at least 4 members (excludes halogenated alkanes) is 4. The van der Waals surface area contributed by atoms with Crippen molar-refractivity contribution >= 4 is 0 Å². The van der Waals surface area contributed by atoms with Crippen molar-refractivity contribution in [1.29, 1.82) is 0 Å². The van der Waals surface area contributed by atoms with Gasteiger partial charge < -0.3 is 15.3 Å². The van der Waals surface area contributed by atoms with Gasteiger partial charge in [-0.2, -0.15) is 0 Å². The average molecular weight is 212 g/mol. The molecule has 0 aromatic carbocycles. The van der Waals surface area contributed by atoms with Gasteiger partial charge in [-0.1, -0.05) is 32.6 Å². The quantitative estimate of drug-likeness (QED) is 0.604. The zero-order valence-corrected chi connectivity index (χ0v) is 9.78. The monoisotopic (exact) mass is 212 g/mol. The van der Waals surface area contributed by atoms with Crippen LogP contribution in [0.5, 0.6) is 0 Å². The Kier molecular flexibility index (Phi) is 6.25. The smallest absolute Gasteiger partial charge is 0.0982 e. The number of β-amino-alcohol motifs (C(OH)–C–C–N with tert-alkyl or cyclic N) is 1. The third-order valence-corrected chi connectivity index (χ3v) is 2.89. The van der Waals surface area contributed by atoms with E-state index in [4.69, 9.17) is 5.11 Å². The molecule has 15 heavy (non-hydrogen) atoms. The maximum absolute atomic E-state index is 8.88. The molecule has 1 atom stereocenters. The number of aliphatic hydroxyl groups is 1. The van der Waals surface area contributed by atoms with E-state index in [0.717, 1.165) is 6.54 Å². The Labute approximate surface area is 93.2 Å². The number of aliphatic hydroxyl groups excluding tert-OH is 1. The highest BCUT2D eigenvalue weighted by Gasteiger charge is 2.16. The Morgan fingerprint density at radius 2 is 2.07 bits per heavy atom. The molecule has 0 spiro atoms. The predicted molar refractivity (Wildman–Crippen MR) is 63.2 cm³/mol. The lowest BCUT2D eigenvalue weighted by atomic mass is 10.1. The predicted octanol–water partition coefficient (Wildman–Crippen LogP) is 2.04. The van der Waals surface area contributed by atoms with Gasteiger partial charge in [-0.3, -0.25) is 0 Å². The molecule has 88 valence electrons. The molecule has 0 saturated carbocycles. The molecule has 3 nitrogen and oxygen atoms in total. The Hall–Kier alpha value is -0.700. The first-order valence-electron chi connectivity index (χ1n) is 6.17. The van der Waals surface area contributed by atoms with Crippen LogP contribution >= 0.6 is 0 Å². The van der Waals surface area contributed by atoms with Crippen LogP contribution in [0.15, 0.2) is 12.4 Å². The summed E-state index contributed by atoms with van der Waals surface area (Å²) in [6, 6.07) is 0. The van der Waals surface area contributed by atoms with Gasteiger partial charge >= 0.3 is 0 Å². The molecule has 0 aromatic heterocycles. The third-order valence-electron chi connectivity index (χ3n) is 2.89. The SMILES string of the molecule is CCCCCCCC1NC=CN1CCO. The van der Waals surface area contributed by atoms with Crippen LogP contribution in [0.25, 0.3) is 0 Å². The zero-order chi connectivity index (χ0) is 10.9. The minimum Gasteiger partial charge on any atom is -0.395 e. The van der Waals surface area contributed by atoms with Gasteiger partial charge in [-0.15, -0.1) is 0 Å².